The number of nitrogens with one attached hydrogen (secondary N) is 1. The number of nitrogens with zero attached hydrogens (tertiary/aromatic N) is 4. The molecule has 3 rings (SSSR count). The number of amides is 1. The summed E-state index contributed by atoms with van der Waals surface area (Å²) in [5, 5.41) is 13.0. The maximum Gasteiger partial charge on any atom is 0.242 e. The lowest BCUT2D eigenvalue weighted by atomic mass is 10.1. The van der Waals surface area contributed by atoms with Gasteiger partial charge in [0.25, 0.3) is 0 Å². The minimum Gasteiger partial charge on any atom is -0.379 e. The Morgan fingerprint density at radius 2 is 2.17 bits per heavy atom. The van der Waals surface area contributed by atoms with Crippen molar-refractivity contribution >= 4 is 17.2 Å². The summed E-state index contributed by atoms with van der Waals surface area (Å²) in [6.45, 7) is 5.18. The third kappa shape index (κ3) is 4.14. The Bertz CT molecular complexity index is 657. The molecule has 8 heteroatoms. The van der Waals surface area contributed by atoms with Gasteiger partial charge in [0, 0.05) is 25.5 Å². The quantitative estimate of drug-likeness (QED) is 0.845. The van der Waals surface area contributed by atoms with Crippen molar-refractivity contribution in [1.29, 1.82) is 0 Å². The van der Waals surface area contributed by atoms with Crippen LogP contribution < -0.4 is 5.32 Å². The van der Waals surface area contributed by atoms with E-state index in [1.54, 1.807) is 12.4 Å². The van der Waals surface area contributed by atoms with Gasteiger partial charge in [-0.15, -0.1) is 10.2 Å². The summed E-state index contributed by atoms with van der Waals surface area (Å²) < 4.78 is 5.40. The molecule has 2 aromatic heterocycles. The predicted molar refractivity (Wildman–Crippen MR) is 90.5 cm³/mol. The minimum absolute atomic E-state index is 0.0434. The first kappa shape index (κ1) is 16.9. The van der Waals surface area contributed by atoms with Crippen molar-refractivity contribution in [2.24, 2.45) is 0 Å². The van der Waals surface area contributed by atoms with Gasteiger partial charge >= 0.3 is 0 Å². The molecule has 1 fully saturated rings. The molecular formula is C16H21N5O2S. The first-order valence-electron chi connectivity index (χ1n) is 8.08. The molecule has 0 unspecified atom stereocenters. The van der Waals surface area contributed by atoms with Crippen LogP contribution >= 0.6 is 11.3 Å². The van der Waals surface area contributed by atoms with Crippen LogP contribution in [0, 0.1) is 0 Å². The van der Waals surface area contributed by atoms with E-state index in [0.717, 1.165) is 35.1 Å². The van der Waals surface area contributed by atoms with Crippen LogP contribution in [0.4, 0.5) is 0 Å². The average Bonchev–Trinajstić information content (AvgIpc) is 3.10. The van der Waals surface area contributed by atoms with E-state index in [2.05, 4.69) is 25.4 Å². The molecular weight excluding hydrogens is 326 g/mol. The topological polar surface area (TPSA) is 80.2 Å². The summed E-state index contributed by atoms with van der Waals surface area (Å²) in [6, 6.07) is 3.43. The van der Waals surface area contributed by atoms with E-state index in [-0.39, 0.29) is 11.9 Å². The number of aromatic nitrogens is 3. The highest BCUT2D eigenvalue weighted by Crippen LogP contribution is 2.21. The lowest BCUT2D eigenvalue weighted by molar-refractivity contribution is -0.128. The Morgan fingerprint density at radius 3 is 2.83 bits per heavy atom. The Kier molecular flexibility index (Phi) is 5.84. The summed E-state index contributed by atoms with van der Waals surface area (Å²) in [5.41, 5.74) is 0.892. The summed E-state index contributed by atoms with van der Waals surface area (Å²) in [6.07, 6.45) is 4.32. The molecule has 1 amide bonds. The molecule has 0 bridgehead atoms. The second-order valence-corrected chi connectivity index (χ2v) is 6.64. The fourth-order valence-corrected chi connectivity index (χ4v) is 3.39. The van der Waals surface area contributed by atoms with E-state index < -0.39 is 0 Å². The number of rotatable bonds is 6. The molecule has 1 N–H and O–H groups in total. The van der Waals surface area contributed by atoms with E-state index >= 15 is 0 Å². The lowest BCUT2D eigenvalue weighted by Crippen LogP contribution is -2.45. The number of aryl methyl sites for hydroxylation is 1. The van der Waals surface area contributed by atoms with Gasteiger partial charge < -0.3 is 10.1 Å². The second kappa shape index (κ2) is 8.27. The van der Waals surface area contributed by atoms with E-state index in [1.165, 1.54) is 11.3 Å². The molecule has 1 atom stereocenters. The zero-order valence-corrected chi connectivity index (χ0v) is 14.5. The van der Waals surface area contributed by atoms with Crippen molar-refractivity contribution in [3.8, 4) is 0 Å². The molecule has 0 saturated carbocycles. The van der Waals surface area contributed by atoms with Gasteiger partial charge in [-0.05, 0) is 18.1 Å². The zero-order chi connectivity index (χ0) is 16.8. The third-order valence-corrected chi connectivity index (χ3v) is 4.95. The monoisotopic (exact) mass is 347 g/mol. The number of pyridine rings is 1. The first-order chi connectivity index (χ1) is 11.8. The number of carbonyl (C=O) groups is 1. The number of hydrogen-bond acceptors (Lipinski definition) is 7. The third-order valence-electron chi connectivity index (χ3n) is 3.88. The van der Waals surface area contributed by atoms with Gasteiger partial charge in [-0.3, -0.25) is 14.7 Å². The number of morpholine rings is 1. The van der Waals surface area contributed by atoms with Crippen molar-refractivity contribution in [1.82, 2.24) is 25.4 Å². The van der Waals surface area contributed by atoms with Crippen LogP contribution in [0.2, 0.25) is 0 Å². The standard InChI is InChI=1S/C16H21N5O2S/c1-2-13-19-20-14(24-13)11-18-16(22)15(12-4-3-5-17-10-12)21-6-8-23-9-7-21/h3-5,10,15H,2,6-9,11H2,1H3,(H,18,22)/t15-/m1/s1. The highest BCUT2D eigenvalue weighted by atomic mass is 32.1. The molecule has 0 radical (unpaired) electrons. The highest BCUT2D eigenvalue weighted by Gasteiger charge is 2.29. The Labute approximate surface area is 145 Å². The molecule has 1 saturated heterocycles. The Morgan fingerprint density at radius 1 is 1.38 bits per heavy atom. The van der Waals surface area contributed by atoms with Crippen LogP contribution in [0.5, 0.6) is 0 Å². The molecule has 7 nitrogen and oxygen atoms in total. The van der Waals surface area contributed by atoms with Gasteiger partial charge in [0.05, 0.1) is 19.8 Å². The van der Waals surface area contributed by atoms with Crippen LogP contribution in [-0.4, -0.2) is 52.3 Å². The minimum atomic E-state index is -0.360. The van der Waals surface area contributed by atoms with Gasteiger partial charge in [0.15, 0.2) is 0 Å². The van der Waals surface area contributed by atoms with E-state index in [1.807, 2.05) is 19.1 Å². The maximum absolute atomic E-state index is 12.8. The van der Waals surface area contributed by atoms with Gasteiger partial charge in [0.1, 0.15) is 16.1 Å². The largest absolute Gasteiger partial charge is 0.379 e. The van der Waals surface area contributed by atoms with Gasteiger partial charge in [-0.1, -0.05) is 24.3 Å². The van der Waals surface area contributed by atoms with Gasteiger partial charge in [-0.2, -0.15) is 0 Å². The molecule has 3 heterocycles. The Balaban J connectivity index is 1.70. The normalized spacial score (nSPS) is 16.7. The van der Waals surface area contributed by atoms with Gasteiger partial charge in [-0.25, -0.2) is 0 Å². The van der Waals surface area contributed by atoms with Crippen LogP contribution in [0.25, 0.3) is 0 Å². The lowest BCUT2D eigenvalue weighted by Gasteiger charge is -2.33. The number of ether oxygens (including phenoxy) is 1. The molecule has 1 aliphatic heterocycles. The summed E-state index contributed by atoms with van der Waals surface area (Å²) in [7, 11) is 0. The summed E-state index contributed by atoms with van der Waals surface area (Å²) >= 11 is 1.54. The van der Waals surface area contributed by atoms with Crippen molar-refractivity contribution < 1.29 is 9.53 Å². The van der Waals surface area contributed by atoms with E-state index in [4.69, 9.17) is 4.74 Å². The fourth-order valence-electron chi connectivity index (χ4n) is 2.66. The molecule has 1 aliphatic rings. The highest BCUT2D eigenvalue weighted by molar-refractivity contribution is 7.11. The molecule has 0 aliphatic carbocycles. The van der Waals surface area contributed by atoms with Crippen LogP contribution in [0.15, 0.2) is 24.5 Å². The van der Waals surface area contributed by atoms with Crippen molar-refractivity contribution in [3.63, 3.8) is 0 Å². The molecule has 24 heavy (non-hydrogen) atoms. The van der Waals surface area contributed by atoms with Gasteiger partial charge in [0.2, 0.25) is 5.91 Å². The van der Waals surface area contributed by atoms with Crippen LogP contribution in [0.1, 0.15) is 28.5 Å². The fraction of sp³-hybridized carbons (Fsp3) is 0.500. The first-order valence-corrected chi connectivity index (χ1v) is 8.90. The SMILES string of the molecule is CCc1nnc(CNC(=O)[C@@H](c2cccnc2)N2CCOCC2)s1. The van der Waals surface area contributed by atoms with Crippen molar-refractivity contribution in [3.05, 3.63) is 40.1 Å². The summed E-state index contributed by atoms with van der Waals surface area (Å²) in [4.78, 5) is 19.1. The zero-order valence-electron chi connectivity index (χ0n) is 13.6. The summed E-state index contributed by atoms with van der Waals surface area (Å²) in [5.74, 6) is -0.0434. The molecule has 128 valence electrons. The maximum atomic E-state index is 12.8. The number of hydrogen-bond donors (Lipinski definition) is 1. The van der Waals surface area contributed by atoms with Crippen molar-refractivity contribution in [2.75, 3.05) is 26.3 Å². The van der Waals surface area contributed by atoms with Crippen molar-refractivity contribution in [2.45, 2.75) is 25.9 Å². The molecule has 0 aromatic carbocycles. The smallest absolute Gasteiger partial charge is 0.242 e. The average molecular weight is 347 g/mol. The van der Waals surface area contributed by atoms with E-state index in [9.17, 15) is 4.79 Å². The Hall–Kier alpha value is -1.90. The van der Waals surface area contributed by atoms with Crippen LogP contribution in [-0.2, 0) is 22.5 Å². The second-order valence-electron chi connectivity index (χ2n) is 5.50. The predicted octanol–water partition coefficient (Wildman–Crippen LogP) is 1.19. The van der Waals surface area contributed by atoms with Crippen LogP contribution in [0.3, 0.4) is 0 Å². The molecule has 0 spiro atoms. The number of carbonyl (C=O) groups excluding carboxylic acids is 1. The molecule has 2 aromatic rings. The van der Waals surface area contributed by atoms with E-state index in [0.29, 0.717) is 19.8 Å².